The molecule has 2 unspecified atom stereocenters. The summed E-state index contributed by atoms with van der Waals surface area (Å²) in [6, 6.07) is 12.3. The molecule has 2 atom stereocenters. The minimum Gasteiger partial charge on any atom is -0.445 e. The van der Waals surface area contributed by atoms with Crippen molar-refractivity contribution in [2.75, 3.05) is 0 Å². The minimum atomic E-state index is -1.17. The average molecular weight is 415 g/mol. The fourth-order valence-corrected chi connectivity index (χ4v) is 4.94. The lowest BCUT2D eigenvalue weighted by Gasteiger charge is -2.51. The Morgan fingerprint density at radius 1 is 1.10 bits per heavy atom. The molecule has 2 aromatic rings. The molecule has 2 aromatic carbocycles. The van der Waals surface area contributed by atoms with Crippen LogP contribution in [-0.4, -0.2) is 33.8 Å². The molecule has 4 rings (SSSR count). The van der Waals surface area contributed by atoms with E-state index in [0.29, 0.717) is 12.8 Å². The molecule has 2 aliphatic rings. The van der Waals surface area contributed by atoms with Crippen molar-refractivity contribution >= 4 is 6.09 Å². The van der Waals surface area contributed by atoms with Crippen molar-refractivity contribution < 1.29 is 23.4 Å². The van der Waals surface area contributed by atoms with Gasteiger partial charge >= 0.3 is 6.09 Å². The summed E-state index contributed by atoms with van der Waals surface area (Å²) in [5.41, 5.74) is 0.172. The van der Waals surface area contributed by atoms with E-state index in [9.17, 15) is 18.7 Å². The molecule has 1 N–H and O–H groups in total. The van der Waals surface area contributed by atoms with Crippen LogP contribution in [0.3, 0.4) is 0 Å². The van der Waals surface area contributed by atoms with Crippen molar-refractivity contribution in [1.29, 1.82) is 0 Å². The highest BCUT2D eigenvalue weighted by Crippen LogP contribution is 2.41. The van der Waals surface area contributed by atoms with E-state index < -0.39 is 17.2 Å². The molecule has 0 aliphatic carbocycles. The molecule has 0 aromatic heterocycles. The zero-order valence-electron chi connectivity index (χ0n) is 17.1. The van der Waals surface area contributed by atoms with E-state index >= 15 is 0 Å². The fourth-order valence-electron chi connectivity index (χ4n) is 4.94. The molecule has 2 aliphatic heterocycles. The number of nitrogens with zero attached hydrogens (tertiary/aromatic N) is 1. The van der Waals surface area contributed by atoms with Crippen molar-refractivity contribution in [3.05, 3.63) is 70.8 Å². The van der Waals surface area contributed by atoms with Gasteiger partial charge < -0.3 is 14.7 Å². The van der Waals surface area contributed by atoms with Crippen LogP contribution in [0.5, 0.6) is 0 Å². The molecule has 4 nitrogen and oxygen atoms in total. The van der Waals surface area contributed by atoms with Gasteiger partial charge in [0.25, 0.3) is 0 Å². The second kappa shape index (κ2) is 8.34. The fraction of sp³-hybridized carbons (Fsp3) is 0.458. The third-order valence-electron chi connectivity index (χ3n) is 6.38. The van der Waals surface area contributed by atoms with E-state index in [1.54, 1.807) is 11.0 Å². The highest BCUT2D eigenvalue weighted by atomic mass is 19.2. The number of piperidine rings is 2. The number of aliphatic hydroxyl groups is 1. The number of fused-ring (bicyclic) bond motifs is 2. The van der Waals surface area contributed by atoms with Gasteiger partial charge in [0.2, 0.25) is 0 Å². The lowest BCUT2D eigenvalue weighted by molar-refractivity contribution is -0.0849. The summed E-state index contributed by atoms with van der Waals surface area (Å²) in [5, 5.41) is 11.3. The maximum absolute atomic E-state index is 14.4. The number of carbonyl (C=O) groups excluding carboxylic acids is 1. The molecule has 2 bridgehead atoms. The Morgan fingerprint density at radius 3 is 2.43 bits per heavy atom. The normalized spacial score (nSPS) is 25.8. The van der Waals surface area contributed by atoms with Gasteiger partial charge in [0.1, 0.15) is 6.61 Å². The predicted molar refractivity (Wildman–Crippen MR) is 109 cm³/mol. The predicted octanol–water partition coefficient (Wildman–Crippen LogP) is 4.90. The number of carbonyl (C=O) groups is 1. The van der Waals surface area contributed by atoms with E-state index in [-0.39, 0.29) is 42.3 Å². The number of hydrogen-bond acceptors (Lipinski definition) is 3. The van der Waals surface area contributed by atoms with Gasteiger partial charge in [0.05, 0.1) is 5.60 Å². The number of hydrogen-bond donors (Lipinski definition) is 1. The molecule has 2 fully saturated rings. The first-order valence-electron chi connectivity index (χ1n) is 10.5. The van der Waals surface area contributed by atoms with Crippen molar-refractivity contribution in [3.63, 3.8) is 0 Å². The van der Waals surface area contributed by atoms with Crippen LogP contribution in [0.1, 0.15) is 48.8 Å². The Hall–Kier alpha value is -2.47. The van der Waals surface area contributed by atoms with E-state index in [0.717, 1.165) is 24.8 Å². The average Bonchev–Trinajstić information content (AvgIpc) is 2.72. The van der Waals surface area contributed by atoms with Crippen LogP contribution in [0.15, 0.2) is 42.5 Å². The summed E-state index contributed by atoms with van der Waals surface area (Å²) in [6.07, 6.45) is 2.84. The van der Waals surface area contributed by atoms with Gasteiger partial charge in [-0.05, 0) is 55.7 Å². The topological polar surface area (TPSA) is 49.8 Å². The van der Waals surface area contributed by atoms with Gasteiger partial charge in [-0.15, -0.1) is 0 Å². The second-order valence-electron chi connectivity index (χ2n) is 8.66. The van der Waals surface area contributed by atoms with E-state index in [4.69, 9.17) is 4.74 Å². The van der Waals surface area contributed by atoms with Crippen LogP contribution in [0, 0.1) is 18.6 Å². The highest BCUT2D eigenvalue weighted by molar-refractivity contribution is 5.69. The molecule has 6 heteroatoms. The summed E-state index contributed by atoms with van der Waals surface area (Å²) >= 11 is 0. The molecule has 0 radical (unpaired) electrons. The van der Waals surface area contributed by atoms with Crippen LogP contribution in [0.25, 0.3) is 0 Å². The summed E-state index contributed by atoms with van der Waals surface area (Å²) in [6.45, 7) is 1.72. The molecule has 2 saturated heterocycles. The lowest BCUT2D eigenvalue weighted by atomic mass is 9.73. The second-order valence-corrected chi connectivity index (χ2v) is 8.66. The Bertz CT molecular complexity index is 904. The monoisotopic (exact) mass is 415 g/mol. The van der Waals surface area contributed by atoms with E-state index in [1.807, 2.05) is 30.3 Å². The Labute approximate surface area is 175 Å². The van der Waals surface area contributed by atoms with Crippen LogP contribution in [0.2, 0.25) is 0 Å². The summed E-state index contributed by atoms with van der Waals surface area (Å²) in [5.74, 6) is -1.75. The maximum atomic E-state index is 14.4. The van der Waals surface area contributed by atoms with Gasteiger partial charge in [-0.25, -0.2) is 13.6 Å². The molecule has 30 heavy (non-hydrogen) atoms. The van der Waals surface area contributed by atoms with Crippen molar-refractivity contribution in [2.45, 2.75) is 69.7 Å². The van der Waals surface area contributed by atoms with Crippen LogP contribution >= 0.6 is 0 Å². The molecule has 0 saturated carbocycles. The Kier molecular flexibility index (Phi) is 5.78. The first-order chi connectivity index (χ1) is 14.4. The standard InChI is InChI=1S/C24H27F2NO3/c1-16-10-11-18(22(26)21(16)25)12-24(29)13-19-8-5-9-20(14-24)27(19)23(28)30-15-17-6-3-2-4-7-17/h2-4,6-7,10-11,19-20,29H,5,8-9,12-15H2,1H3. The van der Waals surface area contributed by atoms with Crippen LogP contribution in [0.4, 0.5) is 13.6 Å². The number of ether oxygens (including phenoxy) is 1. The van der Waals surface area contributed by atoms with Gasteiger partial charge in [0.15, 0.2) is 11.6 Å². The van der Waals surface area contributed by atoms with E-state index in [1.165, 1.54) is 13.0 Å². The molecule has 2 heterocycles. The van der Waals surface area contributed by atoms with E-state index in [2.05, 4.69) is 0 Å². The molecular weight excluding hydrogens is 388 g/mol. The molecule has 1 amide bonds. The molecular formula is C24H27F2NO3. The number of rotatable bonds is 4. The first kappa shape index (κ1) is 20.8. The van der Waals surface area contributed by atoms with Crippen molar-refractivity contribution in [1.82, 2.24) is 4.90 Å². The number of aryl methyl sites for hydroxylation is 1. The zero-order chi connectivity index (χ0) is 21.3. The third kappa shape index (κ3) is 4.19. The van der Waals surface area contributed by atoms with Crippen molar-refractivity contribution in [3.8, 4) is 0 Å². The quantitative estimate of drug-likeness (QED) is 0.773. The summed E-state index contributed by atoms with van der Waals surface area (Å²) in [4.78, 5) is 14.6. The van der Waals surface area contributed by atoms with Gasteiger partial charge in [0, 0.05) is 18.5 Å². The molecule has 160 valence electrons. The van der Waals surface area contributed by atoms with Crippen LogP contribution in [-0.2, 0) is 17.8 Å². The number of halogens is 2. The van der Waals surface area contributed by atoms with Gasteiger partial charge in [-0.2, -0.15) is 0 Å². The smallest absolute Gasteiger partial charge is 0.410 e. The Balaban J connectivity index is 1.46. The highest BCUT2D eigenvalue weighted by Gasteiger charge is 2.48. The number of amides is 1. The molecule has 0 spiro atoms. The van der Waals surface area contributed by atoms with Crippen molar-refractivity contribution in [2.24, 2.45) is 0 Å². The minimum absolute atomic E-state index is 0.0376. The Morgan fingerprint density at radius 2 is 1.77 bits per heavy atom. The van der Waals surface area contributed by atoms with Gasteiger partial charge in [-0.1, -0.05) is 42.5 Å². The maximum Gasteiger partial charge on any atom is 0.410 e. The third-order valence-corrected chi connectivity index (χ3v) is 6.38. The first-order valence-corrected chi connectivity index (χ1v) is 10.5. The largest absolute Gasteiger partial charge is 0.445 e. The number of benzene rings is 2. The summed E-state index contributed by atoms with van der Waals surface area (Å²) < 4.78 is 33.9. The lowest BCUT2D eigenvalue weighted by Crippen LogP contribution is -2.60. The van der Waals surface area contributed by atoms with Crippen LogP contribution < -0.4 is 0 Å². The zero-order valence-corrected chi connectivity index (χ0v) is 17.1. The SMILES string of the molecule is Cc1ccc(CC2(O)CC3CCCC(C2)N3C(=O)OCc2ccccc2)c(F)c1F. The van der Waals surface area contributed by atoms with Gasteiger partial charge in [-0.3, -0.25) is 0 Å². The summed E-state index contributed by atoms with van der Waals surface area (Å²) in [7, 11) is 0.